The molecule has 1 aliphatic rings. The van der Waals surface area contributed by atoms with Crippen LogP contribution in [0.1, 0.15) is 19.3 Å². The molecule has 4 heteroatoms. The van der Waals surface area contributed by atoms with Gasteiger partial charge < -0.3 is 14.9 Å². The van der Waals surface area contributed by atoms with E-state index in [0.717, 1.165) is 19.5 Å². The normalized spacial score (nSPS) is 24.7. The first kappa shape index (κ1) is 12.5. The number of carboxylic acid groups (broad SMARTS) is 1. The standard InChI is InChI=1S/C11H22N2O2/c1-12(2)10(4-5-11(14)15)9-6-7-13(3)8-9/h9-10H,4-8H2,1-3H3,(H,14,15). The molecule has 88 valence electrons. The van der Waals surface area contributed by atoms with Crippen molar-refractivity contribution in [3.63, 3.8) is 0 Å². The minimum absolute atomic E-state index is 0.281. The van der Waals surface area contributed by atoms with Crippen molar-refractivity contribution in [2.24, 2.45) is 5.92 Å². The molecule has 2 atom stereocenters. The fraction of sp³-hybridized carbons (Fsp3) is 0.909. The van der Waals surface area contributed by atoms with E-state index in [1.54, 1.807) is 0 Å². The quantitative estimate of drug-likeness (QED) is 0.733. The van der Waals surface area contributed by atoms with Crippen molar-refractivity contribution < 1.29 is 9.90 Å². The van der Waals surface area contributed by atoms with Crippen LogP contribution in [0.3, 0.4) is 0 Å². The zero-order chi connectivity index (χ0) is 11.4. The summed E-state index contributed by atoms with van der Waals surface area (Å²) in [5.41, 5.74) is 0. The molecule has 0 aromatic rings. The first-order valence-corrected chi connectivity index (χ1v) is 5.57. The average molecular weight is 214 g/mol. The summed E-state index contributed by atoms with van der Waals surface area (Å²) < 4.78 is 0. The van der Waals surface area contributed by atoms with Crippen molar-refractivity contribution in [2.75, 3.05) is 34.2 Å². The van der Waals surface area contributed by atoms with Gasteiger partial charge in [-0.3, -0.25) is 4.79 Å². The Morgan fingerprint density at radius 3 is 2.67 bits per heavy atom. The molecule has 1 aliphatic heterocycles. The summed E-state index contributed by atoms with van der Waals surface area (Å²) >= 11 is 0. The van der Waals surface area contributed by atoms with Crippen LogP contribution < -0.4 is 0 Å². The van der Waals surface area contributed by atoms with Gasteiger partial charge in [0.1, 0.15) is 0 Å². The van der Waals surface area contributed by atoms with Crippen LogP contribution in [-0.4, -0.2) is 61.2 Å². The first-order valence-electron chi connectivity index (χ1n) is 5.57. The molecule has 0 amide bonds. The van der Waals surface area contributed by atoms with Crippen LogP contribution in [-0.2, 0) is 4.79 Å². The molecule has 15 heavy (non-hydrogen) atoms. The third-order valence-corrected chi connectivity index (χ3v) is 3.29. The summed E-state index contributed by atoms with van der Waals surface area (Å²) in [6.45, 7) is 2.24. The van der Waals surface area contributed by atoms with Crippen molar-refractivity contribution in [1.82, 2.24) is 9.80 Å². The highest BCUT2D eigenvalue weighted by molar-refractivity contribution is 5.66. The van der Waals surface area contributed by atoms with Crippen molar-refractivity contribution >= 4 is 5.97 Å². The lowest BCUT2D eigenvalue weighted by Crippen LogP contribution is -2.37. The van der Waals surface area contributed by atoms with Crippen LogP contribution in [0.15, 0.2) is 0 Å². The molecule has 0 aliphatic carbocycles. The molecule has 1 fully saturated rings. The number of carboxylic acids is 1. The molecule has 0 spiro atoms. The van der Waals surface area contributed by atoms with Crippen LogP contribution in [0.2, 0.25) is 0 Å². The largest absolute Gasteiger partial charge is 0.481 e. The fourth-order valence-corrected chi connectivity index (χ4v) is 2.47. The van der Waals surface area contributed by atoms with E-state index >= 15 is 0 Å². The van der Waals surface area contributed by atoms with E-state index < -0.39 is 5.97 Å². The lowest BCUT2D eigenvalue weighted by Gasteiger charge is -2.29. The summed E-state index contributed by atoms with van der Waals surface area (Å²) in [5, 5.41) is 8.71. The maximum atomic E-state index is 10.6. The van der Waals surface area contributed by atoms with Crippen LogP contribution in [0, 0.1) is 5.92 Å². The lowest BCUT2D eigenvalue weighted by molar-refractivity contribution is -0.137. The second-order valence-corrected chi connectivity index (χ2v) is 4.77. The number of aliphatic carboxylic acids is 1. The van der Waals surface area contributed by atoms with E-state index in [1.807, 2.05) is 14.1 Å². The Morgan fingerprint density at radius 1 is 1.60 bits per heavy atom. The lowest BCUT2D eigenvalue weighted by atomic mass is 9.94. The van der Waals surface area contributed by atoms with Gasteiger partial charge in [0.15, 0.2) is 0 Å². The van der Waals surface area contributed by atoms with Gasteiger partial charge in [-0.25, -0.2) is 0 Å². The van der Waals surface area contributed by atoms with Crippen molar-refractivity contribution in [1.29, 1.82) is 0 Å². The number of carbonyl (C=O) groups is 1. The van der Waals surface area contributed by atoms with Crippen molar-refractivity contribution in [3.05, 3.63) is 0 Å². The second kappa shape index (κ2) is 5.47. The molecule has 0 radical (unpaired) electrons. The fourth-order valence-electron chi connectivity index (χ4n) is 2.47. The highest BCUT2D eigenvalue weighted by Gasteiger charge is 2.29. The Morgan fingerprint density at radius 2 is 2.27 bits per heavy atom. The molecule has 0 bridgehead atoms. The molecule has 0 aromatic heterocycles. The molecule has 1 saturated heterocycles. The van der Waals surface area contributed by atoms with Crippen LogP contribution in [0.4, 0.5) is 0 Å². The Labute approximate surface area is 91.9 Å². The topological polar surface area (TPSA) is 43.8 Å². The molecule has 1 rings (SSSR count). The second-order valence-electron chi connectivity index (χ2n) is 4.77. The van der Waals surface area contributed by atoms with Gasteiger partial charge in [-0.05, 0) is 46.4 Å². The van der Waals surface area contributed by atoms with Gasteiger partial charge in [-0.1, -0.05) is 0 Å². The number of nitrogens with zero attached hydrogens (tertiary/aromatic N) is 2. The zero-order valence-corrected chi connectivity index (χ0v) is 9.94. The van der Waals surface area contributed by atoms with Crippen molar-refractivity contribution in [2.45, 2.75) is 25.3 Å². The summed E-state index contributed by atoms with van der Waals surface area (Å²) in [7, 11) is 6.22. The number of hydrogen-bond acceptors (Lipinski definition) is 3. The van der Waals surface area contributed by atoms with Gasteiger partial charge in [0, 0.05) is 19.0 Å². The summed E-state index contributed by atoms with van der Waals surface area (Å²) in [4.78, 5) is 15.1. The van der Waals surface area contributed by atoms with Crippen LogP contribution in [0.25, 0.3) is 0 Å². The van der Waals surface area contributed by atoms with Gasteiger partial charge in [0.2, 0.25) is 0 Å². The monoisotopic (exact) mass is 214 g/mol. The van der Waals surface area contributed by atoms with Crippen LogP contribution >= 0.6 is 0 Å². The molecule has 1 heterocycles. The minimum atomic E-state index is -0.687. The smallest absolute Gasteiger partial charge is 0.303 e. The van der Waals surface area contributed by atoms with Gasteiger partial charge in [0.25, 0.3) is 0 Å². The average Bonchev–Trinajstić information content (AvgIpc) is 2.51. The van der Waals surface area contributed by atoms with Gasteiger partial charge in [0.05, 0.1) is 0 Å². The van der Waals surface area contributed by atoms with E-state index in [4.69, 9.17) is 5.11 Å². The number of rotatable bonds is 5. The molecular formula is C11H22N2O2. The maximum absolute atomic E-state index is 10.6. The highest BCUT2D eigenvalue weighted by Crippen LogP contribution is 2.24. The van der Waals surface area contributed by atoms with E-state index in [-0.39, 0.29) is 6.42 Å². The van der Waals surface area contributed by atoms with E-state index in [1.165, 1.54) is 6.42 Å². The maximum Gasteiger partial charge on any atom is 0.303 e. The molecule has 0 saturated carbocycles. The molecule has 0 aromatic carbocycles. The number of likely N-dealkylation sites (tertiary alicyclic amines) is 1. The summed E-state index contributed by atoms with van der Waals surface area (Å²) in [6, 6.07) is 0.408. The molecule has 4 nitrogen and oxygen atoms in total. The van der Waals surface area contributed by atoms with E-state index in [9.17, 15) is 4.79 Å². The predicted molar refractivity (Wildman–Crippen MR) is 59.9 cm³/mol. The SMILES string of the molecule is CN1CCC(C(CCC(=O)O)N(C)C)C1. The first-order chi connectivity index (χ1) is 7.00. The predicted octanol–water partition coefficient (Wildman–Crippen LogP) is 0.733. The highest BCUT2D eigenvalue weighted by atomic mass is 16.4. The Kier molecular flexibility index (Phi) is 4.54. The minimum Gasteiger partial charge on any atom is -0.481 e. The molecule has 2 unspecified atom stereocenters. The Balaban J connectivity index is 2.46. The third-order valence-electron chi connectivity index (χ3n) is 3.29. The third kappa shape index (κ3) is 3.80. The van der Waals surface area contributed by atoms with Gasteiger partial charge in [-0.2, -0.15) is 0 Å². The van der Waals surface area contributed by atoms with Gasteiger partial charge in [-0.15, -0.1) is 0 Å². The summed E-state index contributed by atoms with van der Waals surface area (Å²) in [5.74, 6) is -0.0578. The van der Waals surface area contributed by atoms with Gasteiger partial charge >= 0.3 is 5.97 Å². The van der Waals surface area contributed by atoms with E-state index in [2.05, 4.69) is 16.8 Å². The molecular weight excluding hydrogens is 192 g/mol. The Hall–Kier alpha value is -0.610. The zero-order valence-electron chi connectivity index (χ0n) is 9.94. The van der Waals surface area contributed by atoms with Crippen LogP contribution in [0.5, 0.6) is 0 Å². The number of hydrogen-bond donors (Lipinski definition) is 1. The van der Waals surface area contributed by atoms with E-state index in [0.29, 0.717) is 12.0 Å². The summed E-state index contributed by atoms with van der Waals surface area (Å²) in [6.07, 6.45) is 2.24. The Bertz CT molecular complexity index is 219. The molecule has 1 N–H and O–H groups in total. The van der Waals surface area contributed by atoms with Crippen molar-refractivity contribution in [3.8, 4) is 0 Å².